The fourth-order valence-electron chi connectivity index (χ4n) is 3.15. The maximum absolute atomic E-state index is 12.7. The molecule has 0 aliphatic carbocycles. The lowest BCUT2D eigenvalue weighted by molar-refractivity contribution is -0.137. The van der Waals surface area contributed by atoms with Crippen LogP contribution in [0.15, 0.2) is 24.3 Å². The van der Waals surface area contributed by atoms with Gasteiger partial charge in [0.25, 0.3) is 0 Å². The smallest absolute Gasteiger partial charge is 0.317 e. The predicted molar refractivity (Wildman–Crippen MR) is 78.0 cm³/mol. The Morgan fingerprint density at radius 2 is 2.10 bits per heavy atom. The van der Waals surface area contributed by atoms with Crippen LogP contribution in [0.5, 0.6) is 0 Å². The van der Waals surface area contributed by atoms with E-state index in [1.165, 1.54) is 12.1 Å². The first-order valence-corrected chi connectivity index (χ1v) is 7.49. The van der Waals surface area contributed by atoms with Crippen LogP contribution < -0.4 is 5.32 Å². The zero-order valence-corrected chi connectivity index (χ0v) is 12.6. The molecule has 0 spiro atoms. The van der Waals surface area contributed by atoms with E-state index >= 15 is 0 Å². The summed E-state index contributed by atoms with van der Waals surface area (Å²) >= 11 is 0. The van der Waals surface area contributed by atoms with Crippen molar-refractivity contribution in [2.45, 2.75) is 38.5 Å². The highest BCUT2D eigenvalue weighted by Crippen LogP contribution is 2.30. The molecule has 1 heterocycles. The number of hydrogen-bond acceptors (Lipinski definition) is 2. The highest BCUT2D eigenvalue weighted by atomic mass is 19.4. The first-order valence-electron chi connectivity index (χ1n) is 7.49. The Morgan fingerprint density at radius 3 is 2.71 bits per heavy atom. The van der Waals surface area contributed by atoms with Crippen molar-refractivity contribution in [3.63, 3.8) is 0 Å². The predicted octanol–water partition coefficient (Wildman–Crippen LogP) is 3.53. The van der Waals surface area contributed by atoms with Crippen molar-refractivity contribution in [1.82, 2.24) is 10.2 Å². The lowest BCUT2D eigenvalue weighted by Gasteiger charge is -2.38. The van der Waals surface area contributed by atoms with Crippen LogP contribution in [0.1, 0.15) is 30.9 Å². The van der Waals surface area contributed by atoms with E-state index in [4.69, 9.17) is 0 Å². The Balaban J connectivity index is 2.02. The van der Waals surface area contributed by atoms with E-state index in [1.54, 1.807) is 6.07 Å². The van der Waals surface area contributed by atoms with Crippen LogP contribution in [0.2, 0.25) is 0 Å². The monoisotopic (exact) mass is 300 g/mol. The number of nitrogens with one attached hydrogen (secondary N) is 1. The molecule has 1 saturated heterocycles. The van der Waals surface area contributed by atoms with Gasteiger partial charge in [0, 0.05) is 19.1 Å². The molecule has 2 rings (SSSR count). The summed E-state index contributed by atoms with van der Waals surface area (Å²) in [5.74, 6) is 0.564. The highest BCUT2D eigenvalue weighted by Gasteiger charge is 2.31. The summed E-state index contributed by atoms with van der Waals surface area (Å²) in [5, 5.41) is 3.34. The summed E-state index contributed by atoms with van der Waals surface area (Å²) in [4.78, 5) is 2.26. The van der Waals surface area contributed by atoms with Gasteiger partial charge < -0.3 is 5.32 Å². The molecule has 21 heavy (non-hydrogen) atoms. The van der Waals surface area contributed by atoms with Crippen LogP contribution >= 0.6 is 0 Å². The second-order valence-corrected chi connectivity index (χ2v) is 5.79. The summed E-state index contributed by atoms with van der Waals surface area (Å²) in [6, 6.07) is 6.19. The van der Waals surface area contributed by atoms with Crippen LogP contribution in [0.4, 0.5) is 13.2 Å². The van der Waals surface area contributed by atoms with Crippen LogP contribution in [-0.2, 0) is 12.7 Å². The second kappa shape index (κ2) is 6.79. The van der Waals surface area contributed by atoms with Gasteiger partial charge in [-0.15, -0.1) is 0 Å². The summed E-state index contributed by atoms with van der Waals surface area (Å²) in [7, 11) is 1.98. The molecule has 1 aromatic rings. The number of benzene rings is 1. The third-order valence-corrected chi connectivity index (χ3v) is 4.37. The SMILES string of the molecule is CCC1CN(Cc2cccc(C(F)(F)F)c2)CCC1NC. The molecule has 1 aliphatic rings. The minimum absolute atomic E-state index is 0.521. The van der Waals surface area contributed by atoms with Crippen molar-refractivity contribution in [3.05, 3.63) is 35.4 Å². The van der Waals surface area contributed by atoms with Gasteiger partial charge in [-0.2, -0.15) is 13.2 Å². The molecular weight excluding hydrogens is 277 g/mol. The molecule has 1 aromatic carbocycles. The number of hydrogen-bond donors (Lipinski definition) is 1. The Bertz CT molecular complexity index is 459. The molecular formula is C16H23F3N2. The topological polar surface area (TPSA) is 15.3 Å². The fourth-order valence-corrected chi connectivity index (χ4v) is 3.15. The first-order chi connectivity index (χ1) is 9.94. The minimum Gasteiger partial charge on any atom is -0.317 e. The number of rotatable bonds is 4. The molecule has 0 saturated carbocycles. The molecule has 2 atom stereocenters. The van der Waals surface area contributed by atoms with Gasteiger partial charge >= 0.3 is 6.18 Å². The van der Waals surface area contributed by atoms with Gasteiger partial charge in [0.1, 0.15) is 0 Å². The summed E-state index contributed by atoms with van der Waals surface area (Å²) < 4.78 is 38.2. The third-order valence-electron chi connectivity index (χ3n) is 4.37. The van der Waals surface area contributed by atoms with Crippen molar-refractivity contribution in [2.75, 3.05) is 20.1 Å². The normalized spacial score (nSPS) is 24.2. The second-order valence-electron chi connectivity index (χ2n) is 5.79. The van der Waals surface area contributed by atoms with Gasteiger partial charge in [0.05, 0.1) is 5.56 Å². The fraction of sp³-hybridized carbons (Fsp3) is 0.625. The molecule has 5 heteroatoms. The van der Waals surface area contributed by atoms with E-state index in [0.717, 1.165) is 37.6 Å². The first kappa shape index (κ1) is 16.3. The van der Waals surface area contributed by atoms with Crippen LogP contribution in [0.25, 0.3) is 0 Å². The van der Waals surface area contributed by atoms with Gasteiger partial charge in [0.15, 0.2) is 0 Å². The molecule has 0 aromatic heterocycles. The maximum Gasteiger partial charge on any atom is 0.416 e. The Kier molecular flexibility index (Phi) is 5.27. The molecule has 1 aliphatic heterocycles. The molecule has 0 radical (unpaired) electrons. The van der Waals surface area contributed by atoms with Crippen molar-refractivity contribution >= 4 is 0 Å². The number of nitrogens with zero attached hydrogens (tertiary/aromatic N) is 1. The Morgan fingerprint density at radius 1 is 1.33 bits per heavy atom. The van der Waals surface area contributed by atoms with E-state index < -0.39 is 11.7 Å². The van der Waals surface area contributed by atoms with Crippen LogP contribution in [0, 0.1) is 5.92 Å². The average Bonchev–Trinajstić information content (AvgIpc) is 2.46. The Hall–Kier alpha value is -1.07. The Labute approximate surface area is 124 Å². The van der Waals surface area contributed by atoms with Crippen molar-refractivity contribution in [2.24, 2.45) is 5.92 Å². The lowest BCUT2D eigenvalue weighted by Crippen LogP contribution is -2.47. The van der Waals surface area contributed by atoms with Gasteiger partial charge in [-0.1, -0.05) is 31.5 Å². The van der Waals surface area contributed by atoms with Crippen molar-refractivity contribution in [3.8, 4) is 0 Å². The minimum atomic E-state index is -4.26. The van der Waals surface area contributed by atoms with Crippen LogP contribution in [0.3, 0.4) is 0 Å². The summed E-state index contributed by atoms with van der Waals surface area (Å²) in [6.07, 6.45) is -2.13. The summed E-state index contributed by atoms with van der Waals surface area (Å²) in [5.41, 5.74) is 0.180. The van der Waals surface area contributed by atoms with Crippen molar-refractivity contribution in [1.29, 1.82) is 0 Å². The largest absolute Gasteiger partial charge is 0.416 e. The average molecular weight is 300 g/mol. The van der Waals surface area contributed by atoms with E-state index in [9.17, 15) is 13.2 Å². The number of halogens is 3. The molecule has 1 fully saturated rings. The maximum atomic E-state index is 12.7. The van der Waals surface area contributed by atoms with E-state index in [0.29, 0.717) is 18.5 Å². The molecule has 0 bridgehead atoms. The van der Waals surface area contributed by atoms with E-state index in [2.05, 4.69) is 17.1 Å². The summed E-state index contributed by atoms with van der Waals surface area (Å²) in [6.45, 7) is 4.64. The molecule has 2 unspecified atom stereocenters. The quantitative estimate of drug-likeness (QED) is 0.915. The lowest BCUT2D eigenvalue weighted by atomic mass is 9.90. The van der Waals surface area contributed by atoms with Gasteiger partial charge in [0.2, 0.25) is 0 Å². The van der Waals surface area contributed by atoms with Gasteiger partial charge in [-0.05, 0) is 37.6 Å². The standard InChI is InChI=1S/C16H23F3N2/c1-3-13-11-21(8-7-15(13)20-2)10-12-5-4-6-14(9-12)16(17,18)19/h4-6,9,13,15,20H,3,7-8,10-11H2,1-2H3. The van der Waals surface area contributed by atoms with Gasteiger partial charge in [-0.3, -0.25) is 4.90 Å². The third kappa shape index (κ3) is 4.20. The van der Waals surface area contributed by atoms with Gasteiger partial charge in [-0.25, -0.2) is 0 Å². The van der Waals surface area contributed by atoms with Crippen LogP contribution in [-0.4, -0.2) is 31.1 Å². The molecule has 0 amide bonds. The number of alkyl halides is 3. The van der Waals surface area contributed by atoms with E-state index in [-0.39, 0.29) is 0 Å². The number of piperidine rings is 1. The van der Waals surface area contributed by atoms with Crippen molar-refractivity contribution < 1.29 is 13.2 Å². The number of likely N-dealkylation sites (tertiary alicyclic amines) is 1. The molecule has 2 nitrogen and oxygen atoms in total. The van der Waals surface area contributed by atoms with E-state index in [1.807, 2.05) is 7.05 Å². The highest BCUT2D eigenvalue weighted by molar-refractivity contribution is 5.25. The molecule has 118 valence electrons. The molecule has 1 N–H and O–H groups in total. The zero-order chi connectivity index (χ0) is 15.5. The zero-order valence-electron chi connectivity index (χ0n) is 12.6.